The summed E-state index contributed by atoms with van der Waals surface area (Å²) in [5.41, 5.74) is 1.10. The van der Waals surface area contributed by atoms with Crippen molar-refractivity contribution in [1.82, 2.24) is 25.3 Å². The molecule has 0 unspecified atom stereocenters. The SMILES string of the molecule is C=Nc1ncc(OCC2CCCC2)nc1SCNC(=O)c1cnc(C)cc1-c1cc(C(F)F)ncc1OC. The molecule has 4 rings (SSSR count). The van der Waals surface area contributed by atoms with Crippen molar-refractivity contribution in [2.45, 2.75) is 44.1 Å². The van der Waals surface area contributed by atoms with Crippen LogP contribution in [0.3, 0.4) is 0 Å². The number of thioether (sulfide) groups is 1. The maximum atomic E-state index is 13.4. The molecule has 1 aliphatic carbocycles. The Kier molecular flexibility index (Phi) is 9.16. The van der Waals surface area contributed by atoms with Gasteiger partial charge in [-0.2, -0.15) is 0 Å². The fraction of sp³-hybridized carbons (Fsp3) is 0.385. The molecule has 0 atom stereocenters. The minimum Gasteiger partial charge on any atom is -0.494 e. The highest BCUT2D eigenvalue weighted by Gasteiger charge is 2.21. The van der Waals surface area contributed by atoms with Crippen molar-refractivity contribution < 1.29 is 23.0 Å². The van der Waals surface area contributed by atoms with Gasteiger partial charge >= 0.3 is 0 Å². The Labute approximate surface area is 223 Å². The van der Waals surface area contributed by atoms with Gasteiger partial charge in [0.2, 0.25) is 5.88 Å². The first kappa shape index (κ1) is 27.4. The van der Waals surface area contributed by atoms with Crippen LogP contribution in [-0.4, -0.2) is 52.2 Å². The van der Waals surface area contributed by atoms with E-state index in [1.54, 1.807) is 13.0 Å². The zero-order valence-electron chi connectivity index (χ0n) is 21.1. The molecule has 38 heavy (non-hydrogen) atoms. The third-order valence-electron chi connectivity index (χ3n) is 6.14. The summed E-state index contributed by atoms with van der Waals surface area (Å²) >= 11 is 1.21. The van der Waals surface area contributed by atoms with Crippen molar-refractivity contribution in [2.75, 3.05) is 19.6 Å². The molecular formula is C26H28F2N6O3S. The van der Waals surface area contributed by atoms with Crippen LogP contribution in [0, 0.1) is 12.8 Å². The van der Waals surface area contributed by atoms with Crippen LogP contribution >= 0.6 is 11.8 Å². The molecule has 1 saturated carbocycles. The Balaban J connectivity index is 1.49. The van der Waals surface area contributed by atoms with Crippen molar-refractivity contribution in [3.05, 3.63) is 47.7 Å². The normalized spacial score (nSPS) is 13.5. The number of aromatic nitrogens is 4. The third kappa shape index (κ3) is 6.60. The first-order chi connectivity index (χ1) is 18.4. The lowest BCUT2D eigenvalue weighted by Crippen LogP contribution is -2.24. The molecule has 9 nitrogen and oxygen atoms in total. The summed E-state index contributed by atoms with van der Waals surface area (Å²) in [4.78, 5) is 33.8. The van der Waals surface area contributed by atoms with Crippen molar-refractivity contribution in [3.8, 4) is 22.8 Å². The van der Waals surface area contributed by atoms with Gasteiger partial charge < -0.3 is 14.8 Å². The van der Waals surface area contributed by atoms with E-state index >= 15 is 0 Å². The van der Waals surface area contributed by atoms with E-state index in [9.17, 15) is 13.6 Å². The maximum absolute atomic E-state index is 13.4. The van der Waals surface area contributed by atoms with Gasteiger partial charge in [0.15, 0.2) is 5.82 Å². The van der Waals surface area contributed by atoms with Gasteiger partial charge in [0.25, 0.3) is 12.3 Å². The van der Waals surface area contributed by atoms with Gasteiger partial charge in [-0.05, 0) is 44.5 Å². The molecule has 0 spiro atoms. The number of hydrogen-bond donors (Lipinski definition) is 1. The van der Waals surface area contributed by atoms with Gasteiger partial charge in [0, 0.05) is 23.0 Å². The zero-order chi connectivity index (χ0) is 27.1. The number of pyridine rings is 2. The van der Waals surface area contributed by atoms with E-state index in [4.69, 9.17) is 9.47 Å². The van der Waals surface area contributed by atoms with Crippen LogP contribution in [0.5, 0.6) is 11.6 Å². The van der Waals surface area contributed by atoms with Crippen LogP contribution in [0.1, 0.15) is 53.9 Å². The van der Waals surface area contributed by atoms with E-state index in [0.29, 0.717) is 46.1 Å². The molecular weight excluding hydrogens is 514 g/mol. The van der Waals surface area contributed by atoms with Crippen LogP contribution < -0.4 is 14.8 Å². The Morgan fingerprint density at radius 2 is 1.97 bits per heavy atom. The molecule has 200 valence electrons. The summed E-state index contributed by atoms with van der Waals surface area (Å²) in [6, 6.07) is 2.87. The number of methoxy groups -OCH3 is 1. The number of halogens is 2. The maximum Gasteiger partial charge on any atom is 0.280 e. The molecule has 0 saturated heterocycles. The molecule has 1 fully saturated rings. The number of ether oxygens (including phenoxy) is 2. The molecule has 0 aromatic carbocycles. The van der Waals surface area contributed by atoms with Gasteiger partial charge in [0.1, 0.15) is 16.5 Å². The second-order valence-corrected chi connectivity index (χ2v) is 9.70. The summed E-state index contributed by atoms with van der Waals surface area (Å²) in [7, 11) is 1.41. The van der Waals surface area contributed by atoms with E-state index in [1.165, 1.54) is 56.4 Å². The molecule has 1 N–H and O–H groups in total. The fourth-order valence-electron chi connectivity index (χ4n) is 4.19. The van der Waals surface area contributed by atoms with E-state index < -0.39 is 18.0 Å². The van der Waals surface area contributed by atoms with Gasteiger partial charge in [-0.25, -0.2) is 23.7 Å². The van der Waals surface area contributed by atoms with Crippen molar-refractivity contribution in [3.63, 3.8) is 0 Å². The summed E-state index contributed by atoms with van der Waals surface area (Å²) in [6.07, 6.45) is 6.11. The average Bonchev–Trinajstić information content (AvgIpc) is 3.45. The third-order valence-corrected chi connectivity index (χ3v) is 6.98. The Morgan fingerprint density at radius 1 is 1.18 bits per heavy atom. The first-order valence-electron chi connectivity index (χ1n) is 12.1. The summed E-state index contributed by atoms with van der Waals surface area (Å²) < 4.78 is 37.9. The monoisotopic (exact) mass is 542 g/mol. The summed E-state index contributed by atoms with van der Waals surface area (Å²) in [5, 5.41) is 3.27. The molecule has 3 aromatic rings. The van der Waals surface area contributed by atoms with Crippen LogP contribution in [-0.2, 0) is 0 Å². The van der Waals surface area contributed by atoms with Crippen molar-refractivity contribution >= 4 is 30.2 Å². The Hall–Kier alpha value is -3.67. The predicted octanol–water partition coefficient (Wildman–Crippen LogP) is 5.57. The van der Waals surface area contributed by atoms with E-state index in [1.807, 2.05) is 0 Å². The predicted molar refractivity (Wildman–Crippen MR) is 141 cm³/mol. The fourth-order valence-corrected chi connectivity index (χ4v) is 4.93. The van der Waals surface area contributed by atoms with Gasteiger partial charge in [-0.15, -0.1) is 0 Å². The first-order valence-corrected chi connectivity index (χ1v) is 13.0. The molecule has 12 heteroatoms. The number of amides is 1. The molecule has 0 radical (unpaired) electrons. The van der Waals surface area contributed by atoms with E-state index in [2.05, 4.69) is 37.0 Å². The Morgan fingerprint density at radius 3 is 2.68 bits per heavy atom. The summed E-state index contributed by atoms with van der Waals surface area (Å²) in [6.45, 7) is 5.87. The molecule has 0 bridgehead atoms. The van der Waals surface area contributed by atoms with E-state index in [-0.39, 0.29) is 17.2 Å². The smallest absolute Gasteiger partial charge is 0.280 e. The number of carbonyl (C=O) groups excluding carboxylic acids is 1. The Bertz CT molecular complexity index is 1300. The minimum absolute atomic E-state index is 0.130. The molecule has 3 heterocycles. The quantitative estimate of drug-likeness (QED) is 0.190. The number of alkyl halides is 2. The lowest BCUT2D eigenvalue weighted by atomic mass is 9.99. The van der Waals surface area contributed by atoms with E-state index in [0.717, 1.165) is 12.8 Å². The molecule has 0 aliphatic heterocycles. The van der Waals surface area contributed by atoms with Gasteiger partial charge in [0.05, 0.1) is 37.6 Å². The highest BCUT2D eigenvalue weighted by molar-refractivity contribution is 7.99. The lowest BCUT2D eigenvalue weighted by Gasteiger charge is -2.15. The average molecular weight is 543 g/mol. The lowest BCUT2D eigenvalue weighted by molar-refractivity contribution is 0.0961. The molecule has 1 amide bonds. The minimum atomic E-state index is -2.78. The number of carbonyl (C=O) groups is 1. The second kappa shape index (κ2) is 12.7. The van der Waals surface area contributed by atoms with Crippen LogP contribution in [0.15, 0.2) is 40.7 Å². The van der Waals surface area contributed by atoms with Gasteiger partial charge in [-0.3, -0.25) is 14.8 Å². The van der Waals surface area contributed by atoms with Gasteiger partial charge in [-0.1, -0.05) is 24.6 Å². The summed E-state index contributed by atoms with van der Waals surface area (Å²) in [5.74, 6) is 1.18. The van der Waals surface area contributed by atoms with Crippen LogP contribution in [0.4, 0.5) is 14.6 Å². The number of aryl methyl sites for hydroxylation is 1. The number of rotatable bonds is 11. The number of aliphatic imine (C=N–C) groups is 1. The number of nitrogens with one attached hydrogen (secondary N) is 1. The number of hydrogen-bond acceptors (Lipinski definition) is 9. The van der Waals surface area contributed by atoms with Crippen LogP contribution in [0.2, 0.25) is 0 Å². The topological polar surface area (TPSA) is 111 Å². The van der Waals surface area contributed by atoms with Crippen molar-refractivity contribution in [1.29, 1.82) is 0 Å². The highest BCUT2D eigenvalue weighted by Crippen LogP contribution is 2.35. The number of nitrogens with zero attached hydrogens (tertiary/aromatic N) is 5. The molecule has 3 aromatic heterocycles. The zero-order valence-corrected chi connectivity index (χ0v) is 21.9. The largest absolute Gasteiger partial charge is 0.494 e. The standard InChI is InChI=1S/C26H28F2N6O3S/c1-15-8-17(18-9-20(23(27)28)31-11-21(18)36-3)19(10-30-15)25(35)33-14-38-26-24(29-2)32-12-22(34-26)37-13-16-6-4-5-7-16/h8-12,16,23H,2,4-7,13-14H2,1,3H3,(H,33,35). The molecule has 1 aliphatic rings. The second-order valence-electron chi connectivity index (χ2n) is 8.73. The van der Waals surface area contributed by atoms with Crippen LogP contribution in [0.25, 0.3) is 11.1 Å². The highest BCUT2D eigenvalue weighted by atomic mass is 32.2. The van der Waals surface area contributed by atoms with Crippen molar-refractivity contribution in [2.24, 2.45) is 10.9 Å².